The van der Waals surface area contributed by atoms with Crippen molar-refractivity contribution in [3.63, 3.8) is 0 Å². The van der Waals surface area contributed by atoms with E-state index in [9.17, 15) is 33.4 Å². The van der Waals surface area contributed by atoms with E-state index in [2.05, 4.69) is 24.1 Å². The second-order valence-electron chi connectivity index (χ2n) is 13.0. The van der Waals surface area contributed by atoms with Gasteiger partial charge in [-0.05, 0) is 93.3 Å². The minimum absolute atomic E-state index is 0. The maximum absolute atomic E-state index is 11.1. The first-order chi connectivity index (χ1) is 17.7. The first-order valence-electron chi connectivity index (χ1n) is 14.0. The van der Waals surface area contributed by atoms with Crippen molar-refractivity contribution in [2.45, 2.75) is 122 Å². The van der Waals surface area contributed by atoms with Gasteiger partial charge >= 0.3 is 29.6 Å². The minimum Gasteiger partial charge on any atom is -0.726 e. The summed E-state index contributed by atoms with van der Waals surface area (Å²) < 4.78 is 50.1. The standard InChI is InChI=1S/C27H44O10S.Na/c1-13(28)17-5-6-18-16-12-21(36-25-23(31)22(30)24(14(2)35-25)37-38(32,33)34)20-11-15(29)7-9-27(20,4)19(16)8-10-26(17,18)3;/h8,13-18,20-25,28-31H,5-7,9-12H2,1-4H3,(H,32,33,34);/q;+1/p-1/t13-,14?,15?,16?,17?,18?,20?,21+,22?,23?,24?,25?,26?,27?;/m1./s1. The van der Waals surface area contributed by atoms with Crippen molar-refractivity contribution in [1.82, 2.24) is 0 Å². The number of hydrogen-bond donors (Lipinski definition) is 4. The Morgan fingerprint density at radius 2 is 1.79 bits per heavy atom. The van der Waals surface area contributed by atoms with Crippen molar-refractivity contribution < 1.29 is 76.6 Å². The summed E-state index contributed by atoms with van der Waals surface area (Å²) in [6, 6.07) is 0. The van der Waals surface area contributed by atoms with Crippen molar-refractivity contribution in [1.29, 1.82) is 0 Å². The van der Waals surface area contributed by atoms with E-state index in [4.69, 9.17) is 9.47 Å². The molecule has 5 aliphatic rings. The number of aliphatic hydroxyl groups excluding tert-OH is 4. The van der Waals surface area contributed by atoms with Crippen molar-refractivity contribution >= 4 is 10.4 Å². The van der Waals surface area contributed by atoms with E-state index in [1.165, 1.54) is 12.5 Å². The van der Waals surface area contributed by atoms with Crippen LogP contribution in [0.15, 0.2) is 11.6 Å². The van der Waals surface area contributed by atoms with Gasteiger partial charge in [0.2, 0.25) is 10.4 Å². The van der Waals surface area contributed by atoms with Gasteiger partial charge in [-0.15, -0.1) is 0 Å². The van der Waals surface area contributed by atoms with Gasteiger partial charge in [-0.3, -0.25) is 4.18 Å². The van der Waals surface area contributed by atoms with Crippen molar-refractivity contribution in [3.05, 3.63) is 11.6 Å². The smallest absolute Gasteiger partial charge is 0.726 e. The van der Waals surface area contributed by atoms with Crippen LogP contribution in [0.5, 0.6) is 0 Å². The van der Waals surface area contributed by atoms with Gasteiger partial charge in [-0.1, -0.05) is 25.5 Å². The zero-order valence-electron chi connectivity index (χ0n) is 23.6. The number of allylic oxidation sites excluding steroid dienone is 2. The predicted octanol–water partition coefficient (Wildman–Crippen LogP) is -1.38. The van der Waals surface area contributed by atoms with Crippen LogP contribution in [0.3, 0.4) is 0 Å². The summed E-state index contributed by atoms with van der Waals surface area (Å²) in [5.74, 6) is 0.784. The van der Waals surface area contributed by atoms with Crippen LogP contribution in [-0.2, 0) is 24.1 Å². The third-order valence-electron chi connectivity index (χ3n) is 11.0. The van der Waals surface area contributed by atoms with E-state index in [-0.39, 0.29) is 70.3 Å². The SMILES string of the molecule is CC1OC(O[C@H]2CC3C(=CCC4(C)C3CCC4[C@@H](C)O)C3(C)CCC(O)CC23)C(O)C(O)C1OS(=O)(=O)[O-].[Na+]. The quantitative estimate of drug-likeness (QED) is 0.131. The molecule has 1 saturated heterocycles. The summed E-state index contributed by atoms with van der Waals surface area (Å²) in [6.45, 7) is 7.88. The Morgan fingerprint density at radius 3 is 2.44 bits per heavy atom. The van der Waals surface area contributed by atoms with E-state index in [0.29, 0.717) is 25.2 Å². The van der Waals surface area contributed by atoms with E-state index in [1.54, 1.807) is 0 Å². The Hall–Kier alpha value is 0.370. The molecule has 0 amide bonds. The van der Waals surface area contributed by atoms with Gasteiger partial charge < -0.3 is 34.5 Å². The van der Waals surface area contributed by atoms with Gasteiger partial charge in [0.25, 0.3) is 0 Å². The molecular formula is C27H43NaO10S. The Kier molecular flexibility index (Phi) is 9.49. The van der Waals surface area contributed by atoms with E-state index < -0.39 is 47.2 Å². The molecule has 12 unspecified atom stereocenters. The number of ether oxygens (including phenoxy) is 2. The van der Waals surface area contributed by atoms with Crippen LogP contribution >= 0.6 is 0 Å². The van der Waals surface area contributed by atoms with Crippen molar-refractivity contribution in [2.24, 2.45) is 34.5 Å². The summed E-state index contributed by atoms with van der Waals surface area (Å²) in [7, 11) is -5.12. The third kappa shape index (κ3) is 5.70. The fourth-order valence-electron chi connectivity index (χ4n) is 9.06. The molecule has 12 heteroatoms. The zero-order chi connectivity index (χ0) is 27.8. The monoisotopic (exact) mass is 582 g/mol. The Balaban J connectivity index is 0.00000353. The summed E-state index contributed by atoms with van der Waals surface area (Å²) in [6.07, 6.45) is -0.352. The normalized spacial score (nSPS) is 50.6. The van der Waals surface area contributed by atoms with Crippen LogP contribution in [0.2, 0.25) is 0 Å². The maximum atomic E-state index is 11.1. The van der Waals surface area contributed by atoms with Gasteiger partial charge in [-0.2, -0.15) is 0 Å². The van der Waals surface area contributed by atoms with Crippen LogP contribution in [0.25, 0.3) is 0 Å². The number of fused-ring (bicyclic) bond motifs is 5. The predicted molar refractivity (Wildman–Crippen MR) is 134 cm³/mol. The Bertz CT molecular complexity index is 1040. The average Bonchev–Trinajstić information content (AvgIpc) is 3.18. The van der Waals surface area contributed by atoms with Crippen molar-refractivity contribution in [3.8, 4) is 0 Å². The summed E-state index contributed by atoms with van der Waals surface area (Å²) in [4.78, 5) is 0. The van der Waals surface area contributed by atoms with Gasteiger partial charge in [0.05, 0.1) is 24.4 Å². The Labute approximate surface area is 253 Å². The molecule has 0 spiro atoms. The molecule has 4 fully saturated rings. The number of hydrogen-bond acceptors (Lipinski definition) is 10. The number of aliphatic hydroxyl groups is 4. The topological polar surface area (TPSA) is 166 Å². The molecule has 0 bridgehead atoms. The third-order valence-corrected chi connectivity index (χ3v) is 11.4. The molecule has 5 rings (SSSR count). The molecular weight excluding hydrogens is 539 g/mol. The fraction of sp³-hybridized carbons (Fsp3) is 0.926. The van der Waals surface area contributed by atoms with E-state index in [1.807, 2.05) is 6.92 Å². The molecule has 4 N–H and O–H groups in total. The van der Waals surface area contributed by atoms with E-state index in [0.717, 1.165) is 25.7 Å². The largest absolute Gasteiger partial charge is 1.00 e. The first kappa shape index (κ1) is 32.3. The van der Waals surface area contributed by atoms with Crippen LogP contribution < -0.4 is 29.6 Å². The maximum Gasteiger partial charge on any atom is 1.00 e. The average molecular weight is 583 g/mol. The van der Waals surface area contributed by atoms with E-state index >= 15 is 0 Å². The zero-order valence-corrected chi connectivity index (χ0v) is 26.4. The second-order valence-corrected chi connectivity index (χ2v) is 14.0. The fourth-order valence-corrected chi connectivity index (χ4v) is 9.60. The van der Waals surface area contributed by atoms with Crippen LogP contribution in [0, 0.1) is 34.5 Å². The van der Waals surface area contributed by atoms with Crippen LogP contribution in [-0.4, -0.2) is 82.4 Å². The van der Waals surface area contributed by atoms with Crippen LogP contribution in [0.1, 0.15) is 72.6 Å². The molecule has 0 radical (unpaired) electrons. The second kappa shape index (κ2) is 11.5. The molecule has 0 aromatic rings. The molecule has 39 heavy (non-hydrogen) atoms. The van der Waals surface area contributed by atoms with Crippen LogP contribution in [0.4, 0.5) is 0 Å². The molecule has 218 valence electrons. The van der Waals surface area contributed by atoms with Gasteiger partial charge in [0, 0.05) is 0 Å². The molecule has 3 saturated carbocycles. The summed E-state index contributed by atoms with van der Waals surface area (Å²) >= 11 is 0. The van der Waals surface area contributed by atoms with Gasteiger partial charge in [0.15, 0.2) is 6.29 Å². The molecule has 4 aliphatic carbocycles. The molecule has 14 atom stereocenters. The summed E-state index contributed by atoms with van der Waals surface area (Å²) in [5, 5.41) is 42.6. The first-order valence-corrected chi connectivity index (χ1v) is 15.4. The molecule has 0 aromatic carbocycles. The minimum atomic E-state index is -5.12. The van der Waals surface area contributed by atoms with Crippen molar-refractivity contribution in [2.75, 3.05) is 0 Å². The molecule has 1 heterocycles. The Morgan fingerprint density at radius 1 is 1.10 bits per heavy atom. The molecule has 10 nitrogen and oxygen atoms in total. The van der Waals surface area contributed by atoms with Gasteiger partial charge in [0.1, 0.15) is 18.3 Å². The van der Waals surface area contributed by atoms with Gasteiger partial charge in [-0.25, -0.2) is 8.42 Å². The molecule has 1 aliphatic heterocycles. The summed E-state index contributed by atoms with van der Waals surface area (Å²) in [5.41, 5.74) is 1.20. The molecule has 0 aromatic heterocycles. The number of rotatable bonds is 5.